The van der Waals surface area contributed by atoms with Crippen molar-refractivity contribution in [2.24, 2.45) is 21.1 Å². The number of ether oxygens (including phenoxy) is 2. The first-order valence-corrected chi connectivity index (χ1v) is 11.2. The van der Waals surface area contributed by atoms with Gasteiger partial charge in [0.15, 0.2) is 17.2 Å². The number of fused-ring (bicyclic) bond motifs is 3. The van der Waals surface area contributed by atoms with Crippen molar-refractivity contribution in [3.8, 4) is 22.9 Å². The van der Waals surface area contributed by atoms with Crippen molar-refractivity contribution >= 4 is 11.5 Å². The van der Waals surface area contributed by atoms with Crippen LogP contribution in [0.2, 0.25) is 0 Å². The van der Waals surface area contributed by atoms with Crippen LogP contribution in [0, 0.1) is 22.6 Å². The number of nitrogens with two attached hydrogens (primary N) is 1. The van der Waals surface area contributed by atoms with Crippen LogP contribution >= 0.6 is 0 Å². The Balaban J connectivity index is 1.66. The first-order chi connectivity index (χ1) is 15.9. The van der Waals surface area contributed by atoms with Crippen LogP contribution in [0.3, 0.4) is 0 Å². The van der Waals surface area contributed by atoms with E-state index in [2.05, 4.69) is 12.1 Å². The smallest absolute Gasteiger partial charge is 0.184 e. The Kier molecular flexibility index (Phi) is 5.02. The second kappa shape index (κ2) is 7.67. The van der Waals surface area contributed by atoms with Crippen LogP contribution in [-0.4, -0.2) is 31.9 Å². The van der Waals surface area contributed by atoms with Gasteiger partial charge in [-0.3, -0.25) is 4.99 Å². The van der Waals surface area contributed by atoms with Gasteiger partial charge in [-0.1, -0.05) is 12.1 Å². The molecule has 0 amide bonds. The monoisotopic (exact) mass is 446 g/mol. The number of halogens is 1. The van der Waals surface area contributed by atoms with Gasteiger partial charge in [0.1, 0.15) is 11.9 Å². The van der Waals surface area contributed by atoms with E-state index < -0.39 is 11.5 Å². The molecule has 3 aliphatic rings. The molecule has 1 saturated carbocycles. The van der Waals surface area contributed by atoms with E-state index in [0.717, 1.165) is 48.9 Å². The molecule has 33 heavy (non-hydrogen) atoms. The van der Waals surface area contributed by atoms with Crippen LogP contribution < -0.4 is 10.5 Å². The zero-order valence-corrected chi connectivity index (χ0v) is 19.1. The maximum atomic E-state index is 14.4. The summed E-state index contributed by atoms with van der Waals surface area (Å²) in [4.78, 5) is 10.1. The average molecular weight is 447 g/mol. The van der Waals surface area contributed by atoms with Crippen molar-refractivity contribution in [1.82, 2.24) is 0 Å². The average Bonchev–Trinajstić information content (AvgIpc) is 3.27. The van der Waals surface area contributed by atoms with Gasteiger partial charge in [0.25, 0.3) is 0 Å². The molecule has 170 valence electrons. The summed E-state index contributed by atoms with van der Waals surface area (Å²) >= 11 is 0. The van der Waals surface area contributed by atoms with E-state index in [1.165, 1.54) is 12.7 Å². The van der Waals surface area contributed by atoms with E-state index >= 15 is 0 Å². The van der Waals surface area contributed by atoms with E-state index in [-0.39, 0.29) is 22.8 Å². The van der Waals surface area contributed by atoms with Crippen LogP contribution in [-0.2, 0) is 16.8 Å². The molecule has 1 unspecified atom stereocenters. The largest absolute Gasteiger partial charge is 0.494 e. The van der Waals surface area contributed by atoms with E-state index in [1.54, 1.807) is 19.2 Å². The number of nitrogens with zero attached hydrogens (tertiary/aromatic N) is 3. The molecule has 2 N–H and O–H groups in total. The van der Waals surface area contributed by atoms with Crippen LogP contribution in [0.1, 0.15) is 49.3 Å². The molecule has 0 saturated heterocycles. The van der Waals surface area contributed by atoms with Crippen molar-refractivity contribution < 1.29 is 13.9 Å². The normalized spacial score (nSPS) is 27.9. The van der Waals surface area contributed by atoms with Crippen molar-refractivity contribution in [3.05, 3.63) is 52.8 Å². The molecule has 1 aliphatic heterocycles. The highest BCUT2D eigenvalue weighted by molar-refractivity contribution is 6.41. The minimum atomic E-state index is -0.757. The molecule has 0 aromatic heterocycles. The van der Waals surface area contributed by atoms with E-state index in [4.69, 9.17) is 25.2 Å². The molecule has 7 heteroatoms. The molecular formula is C26H27FN4O2. The van der Waals surface area contributed by atoms with Gasteiger partial charge in [0.2, 0.25) is 0 Å². The summed E-state index contributed by atoms with van der Waals surface area (Å²) in [6.07, 6.45) is 4.96. The molecule has 0 bridgehead atoms. The second-order valence-corrected chi connectivity index (χ2v) is 9.28. The Morgan fingerprint density at radius 1 is 1.12 bits per heavy atom. The standard InChI is InChI=1S/C26H27FN4O2/c1-15-24(29)31-26(30-15)21-11-16(18-10-19(14-28)23(27)22(12-18)33-3)4-5-17(21)13-25(26)8-6-20(32-2)7-9-25/h4-5,10-12,20H,6-9,13H2,1-3H3,(H2,29,31). The fraction of sp³-hybridized carbons (Fsp3) is 0.423. The fourth-order valence-electron chi connectivity index (χ4n) is 5.85. The van der Waals surface area contributed by atoms with E-state index in [1.807, 2.05) is 19.1 Å². The Morgan fingerprint density at radius 3 is 2.48 bits per heavy atom. The van der Waals surface area contributed by atoms with Gasteiger partial charge >= 0.3 is 0 Å². The van der Waals surface area contributed by atoms with Gasteiger partial charge < -0.3 is 15.2 Å². The molecule has 2 aromatic carbocycles. The third kappa shape index (κ3) is 3.08. The Hall–Kier alpha value is -3.24. The summed E-state index contributed by atoms with van der Waals surface area (Å²) in [5.41, 5.74) is 9.90. The number of nitriles is 1. The van der Waals surface area contributed by atoms with Crippen LogP contribution in [0.25, 0.3) is 11.1 Å². The highest BCUT2D eigenvalue weighted by Crippen LogP contribution is 2.62. The van der Waals surface area contributed by atoms with E-state index in [0.29, 0.717) is 11.4 Å². The SMILES string of the molecule is COc1cc(-c2ccc3c(c2)C2(N=C(C)C(N)=N2)C2(CCC(OC)CC2)C3)cc(C#N)c1F. The van der Waals surface area contributed by atoms with Crippen LogP contribution in [0.5, 0.6) is 5.75 Å². The lowest BCUT2D eigenvalue weighted by molar-refractivity contribution is -0.000372. The first kappa shape index (κ1) is 21.6. The summed E-state index contributed by atoms with van der Waals surface area (Å²) in [6.45, 7) is 1.91. The Bertz CT molecular complexity index is 1220. The number of rotatable bonds is 3. The summed E-state index contributed by atoms with van der Waals surface area (Å²) in [6, 6.07) is 11.3. The number of hydrogen-bond acceptors (Lipinski definition) is 6. The summed E-state index contributed by atoms with van der Waals surface area (Å²) < 4.78 is 25.2. The molecule has 2 aromatic rings. The molecule has 2 aliphatic carbocycles. The molecule has 1 atom stereocenters. The quantitative estimate of drug-likeness (QED) is 0.752. The van der Waals surface area contributed by atoms with Crippen molar-refractivity contribution in [1.29, 1.82) is 5.26 Å². The lowest BCUT2D eigenvalue weighted by Crippen LogP contribution is -2.43. The van der Waals surface area contributed by atoms with Crippen molar-refractivity contribution in [2.75, 3.05) is 14.2 Å². The summed E-state index contributed by atoms with van der Waals surface area (Å²) in [5.74, 6) is -0.119. The van der Waals surface area contributed by atoms with Gasteiger partial charge in [0, 0.05) is 18.1 Å². The predicted octanol–water partition coefficient (Wildman–Crippen LogP) is 4.49. The molecule has 1 heterocycles. The molecule has 6 nitrogen and oxygen atoms in total. The highest BCUT2D eigenvalue weighted by Gasteiger charge is 2.60. The number of benzene rings is 2. The maximum Gasteiger partial charge on any atom is 0.184 e. The third-order valence-corrected chi connectivity index (χ3v) is 7.67. The second-order valence-electron chi connectivity index (χ2n) is 9.28. The van der Waals surface area contributed by atoms with Gasteiger partial charge in [-0.05, 0) is 73.9 Å². The topological polar surface area (TPSA) is 93.0 Å². The molecule has 2 spiro atoms. The lowest BCUT2D eigenvalue weighted by atomic mass is 9.65. The highest BCUT2D eigenvalue weighted by atomic mass is 19.1. The van der Waals surface area contributed by atoms with Gasteiger partial charge in [-0.25, -0.2) is 9.38 Å². The van der Waals surface area contributed by atoms with Crippen molar-refractivity contribution in [3.63, 3.8) is 0 Å². The number of amidine groups is 1. The predicted molar refractivity (Wildman–Crippen MR) is 125 cm³/mol. The number of aliphatic imine (C=N–C) groups is 2. The first-order valence-electron chi connectivity index (χ1n) is 11.2. The van der Waals surface area contributed by atoms with E-state index in [9.17, 15) is 9.65 Å². The summed E-state index contributed by atoms with van der Waals surface area (Å²) in [5, 5.41) is 9.39. The molecule has 1 fully saturated rings. The minimum absolute atomic E-state index is 0.0469. The van der Waals surface area contributed by atoms with Crippen LogP contribution in [0.15, 0.2) is 40.3 Å². The number of methoxy groups -OCH3 is 2. The lowest BCUT2D eigenvalue weighted by Gasteiger charge is -2.44. The summed E-state index contributed by atoms with van der Waals surface area (Å²) in [7, 11) is 3.17. The minimum Gasteiger partial charge on any atom is -0.494 e. The molecule has 5 rings (SSSR count). The van der Waals surface area contributed by atoms with Gasteiger partial charge in [-0.15, -0.1) is 0 Å². The zero-order valence-electron chi connectivity index (χ0n) is 19.1. The molecular weight excluding hydrogens is 419 g/mol. The Labute approximate surface area is 192 Å². The Morgan fingerprint density at radius 2 is 1.88 bits per heavy atom. The third-order valence-electron chi connectivity index (χ3n) is 7.67. The zero-order chi connectivity index (χ0) is 23.4. The van der Waals surface area contributed by atoms with Gasteiger partial charge in [-0.2, -0.15) is 5.26 Å². The maximum absolute atomic E-state index is 14.4. The van der Waals surface area contributed by atoms with Crippen LogP contribution in [0.4, 0.5) is 4.39 Å². The number of hydrogen-bond donors (Lipinski definition) is 1. The molecule has 0 radical (unpaired) electrons. The fourth-order valence-corrected chi connectivity index (χ4v) is 5.85. The van der Waals surface area contributed by atoms with Crippen molar-refractivity contribution in [2.45, 2.75) is 50.8 Å². The van der Waals surface area contributed by atoms with Gasteiger partial charge in [0.05, 0.1) is 24.5 Å².